The summed E-state index contributed by atoms with van der Waals surface area (Å²) in [7, 11) is 1.76. The number of hydrogen-bond acceptors (Lipinski definition) is 3. The predicted molar refractivity (Wildman–Crippen MR) is 94.7 cm³/mol. The first-order valence-corrected chi connectivity index (χ1v) is 7.82. The molecule has 1 N–H and O–H groups in total. The summed E-state index contributed by atoms with van der Waals surface area (Å²) in [5.41, 5.74) is 0.741. The van der Waals surface area contributed by atoms with Crippen LogP contribution < -0.4 is 15.5 Å². The van der Waals surface area contributed by atoms with Gasteiger partial charge in [-0.3, -0.25) is 9.59 Å². The first-order valence-electron chi connectivity index (χ1n) is 7.82. The van der Waals surface area contributed by atoms with Gasteiger partial charge < -0.3 is 14.6 Å². The van der Waals surface area contributed by atoms with Crippen LogP contribution >= 0.6 is 0 Å². The smallest absolute Gasteiger partial charge is 0.261 e. The number of hydrogen-bond donors (Lipinski definition) is 1. The zero-order valence-corrected chi connectivity index (χ0v) is 13.9. The lowest BCUT2D eigenvalue weighted by Gasteiger charge is -2.11. The summed E-state index contributed by atoms with van der Waals surface area (Å²) in [4.78, 5) is 25.2. The molecular weight excluding hydrogens is 323 g/mol. The van der Waals surface area contributed by atoms with Gasteiger partial charge in [-0.1, -0.05) is 0 Å². The van der Waals surface area contributed by atoms with Crippen molar-refractivity contribution in [2.45, 2.75) is 6.92 Å². The lowest BCUT2D eigenvalue weighted by Crippen LogP contribution is -2.23. The summed E-state index contributed by atoms with van der Waals surface area (Å²) in [5, 5.41) is 3.01. The zero-order chi connectivity index (χ0) is 18.0. The van der Waals surface area contributed by atoms with Crippen LogP contribution in [0.4, 0.5) is 10.1 Å². The number of halogens is 1. The number of pyridine rings is 1. The molecule has 0 spiro atoms. The summed E-state index contributed by atoms with van der Waals surface area (Å²) in [6, 6.07) is 10.5. The number of carbonyl (C=O) groups excluding carboxylic acids is 1. The van der Waals surface area contributed by atoms with Gasteiger partial charge in [0.15, 0.2) is 0 Å². The summed E-state index contributed by atoms with van der Waals surface area (Å²) < 4.78 is 20.1. The third-order valence-corrected chi connectivity index (χ3v) is 3.82. The Kier molecular flexibility index (Phi) is 4.52. The standard InChI is InChI=1S/C19H17FN2O3/c1-3-25-14-8-9-17-15(10-14)18(23)16(11-22(17)2)19(24)21-13-6-4-12(20)5-7-13/h4-11H,3H2,1-2H3,(H,21,24). The third kappa shape index (κ3) is 3.38. The Balaban J connectivity index is 2.03. The summed E-state index contributed by atoms with van der Waals surface area (Å²) in [6.45, 7) is 2.34. The number of nitrogens with zero attached hydrogens (tertiary/aromatic N) is 1. The molecule has 5 nitrogen and oxygen atoms in total. The van der Waals surface area contributed by atoms with Crippen LogP contribution in [0.15, 0.2) is 53.5 Å². The third-order valence-electron chi connectivity index (χ3n) is 3.82. The van der Waals surface area contributed by atoms with Crippen molar-refractivity contribution >= 4 is 22.5 Å². The van der Waals surface area contributed by atoms with E-state index in [2.05, 4.69) is 5.32 Å². The van der Waals surface area contributed by atoms with Crippen molar-refractivity contribution in [3.05, 3.63) is 70.3 Å². The number of ether oxygens (including phenoxy) is 1. The minimum atomic E-state index is -0.545. The molecule has 0 radical (unpaired) electrons. The van der Waals surface area contributed by atoms with E-state index in [-0.39, 0.29) is 11.0 Å². The van der Waals surface area contributed by atoms with Crippen molar-refractivity contribution in [2.75, 3.05) is 11.9 Å². The van der Waals surface area contributed by atoms with Crippen molar-refractivity contribution in [1.82, 2.24) is 4.57 Å². The van der Waals surface area contributed by atoms with Crippen molar-refractivity contribution in [2.24, 2.45) is 7.05 Å². The van der Waals surface area contributed by atoms with Crippen LogP contribution in [0.3, 0.4) is 0 Å². The summed E-state index contributed by atoms with van der Waals surface area (Å²) in [5.74, 6) is -0.373. The molecule has 1 aromatic heterocycles. The van der Waals surface area contributed by atoms with Gasteiger partial charge in [-0.05, 0) is 49.4 Å². The van der Waals surface area contributed by atoms with Crippen LogP contribution in [0, 0.1) is 5.82 Å². The fourth-order valence-electron chi connectivity index (χ4n) is 2.62. The molecule has 0 aliphatic carbocycles. The molecule has 0 saturated heterocycles. The van der Waals surface area contributed by atoms with E-state index in [9.17, 15) is 14.0 Å². The fourth-order valence-corrected chi connectivity index (χ4v) is 2.62. The van der Waals surface area contributed by atoms with Gasteiger partial charge in [0.1, 0.15) is 17.1 Å². The molecule has 0 saturated carbocycles. The minimum Gasteiger partial charge on any atom is -0.494 e. The Morgan fingerprint density at radius 2 is 1.92 bits per heavy atom. The molecule has 0 bridgehead atoms. The van der Waals surface area contributed by atoms with Gasteiger partial charge >= 0.3 is 0 Å². The van der Waals surface area contributed by atoms with Gasteiger partial charge in [0.25, 0.3) is 5.91 Å². The molecule has 1 amide bonds. The van der Waals surface area contributed by atoms with E-state index in [4.69, 9.17) is 4.74 Å². The molecule has 0 atom stereocenters. The molecule has 0 fully saturated rings. The van der Waals surface area contributed by atoms with Crippen LogP contribution in [0.1, 0.15) is 17.3 Å². The molecule has 1 heterocycles. The van der Waals surface area contributed by atoms with Crippen LogP contribution in [0.2, 0.25) is 0 Å². The average Bonchev–Trinajstić information content (AvgIpc) is 2.60. The van der Waals surface area contributed by atoms with Gasteiger partial charge in [-0.2, -0.15) is 0 Å². The number of nitrogens with one attached hydrogen (secondary N) is 1. The van der Waals surface area contributed by atoms with E-state index in [0.29, 0.717) is 28.9 Å². The molecular formula is C19H17FN2O3. The van der Waals surface area contributed by atoms with Crippen LogP contribution in [0.5, 0.6) is 5.75 Å². The molecule has 2 aromatic carbocycles. The molecule has 0 aliphatic heterocycles. The first-order chi connectivity index (χ1) is 12.0. The zero-order valence-electron chi connectivity index (χ0n) is 13.9. The number of aryl methyl sites for hydroxylation is 1. The Morgan fingerprint density at radius 1 is 1.20 bits per heavy atom. The SMILES string of the molecule is CCOc1ccc2c(c1)c(=O)c(C(=O)Nc1ccc(F)cc1)cn2C. The molecule has 3 aromatic rings. The van der Waals surface area contributed by atoms with E-state index in [0.717, 1.165) is 0 Å². The number of benzene rings is 2. The van der Waals surface area contributed by atoms with E-state index in [1.807, 2.05) is 6.92 Å². The maximum Gasteiger partial charge on any atom is 0.261 e. The summed E-state index contributed by atoms with van der Waals surface area (Å²) in [6.07, 6.45) is 1.49. The van der Waals surface area contributed by atoms with Crippen molar-refractivity contribution in [3.8, 4) is 5.75 Å². The molecule has 6 heteroatoms. The van der Waals surface area contributed by atoms with Gasteiger partial charge in [0.05, 0.1) is 17.5 Å². The van der Waals surface area contributed by atoms with Gasteiger partial charge in [-0.15, -0.1) is 0 Å². The van der Waals surface area contributed by atoms with E-state index in [1.54, 1.807) is 29.8 Å². The Bertz CT molecular complexity index is 994. The molecule has 25 heavy (non-hydrogen) atoms. The van der Waals surface area contributed by atoms with Gasteiger partial charge in [0.2, 0.25) is 5.43 Å². The maximum absolute atomic E-state index is 13.0. The lowest BCUT2D eigenvalue weighted by molar-refractivity contribution is 0.102. The number of rotatable bonds is 4. The number of carbonyl (C=O) groups is 1. The highest BCUT2D eigenvalue weighted by Gasteiger charge is 2.15. The first kappa shape index (κ1) is 16.7. The van der Waals surface area contributed by atoms with Crippen LogP contribution in [-0.2, 0) is 7.05 Å². The largest absolute Gasteiger partial charge is 0.494 e. The predicted octanol–water partition coefficient (Wildman–Crippen LogP) is 3.33. The monoisotopic (exact) mass is 340 g/mol. The van der Waals surface area contributed by atoms with Crippen molar-refractivity contribution in [1.29, 1.82) is 0 Å². The second-order valence-corrected chi connectivity index (χ2v) is 5.56. The molecule has 3 rings (SSSR count). The number of anilines is 1. The molecule has 0 aliphatic rings. The van der Waals surface area contributed by atoms with Crippen molar-refractivity contribution in [3.63, 3.8) is 0 Å². The van der Waals surface area contributed by atoms with Crippen LogP contribution in [0.25, 0.3) is 10.9 Å². The topological polar surface area (TPSA) is 60.3 Å². The molecule has 0 unspecified atom stereocenters. The number of amides is 1. The Hall–Kier alpha value is -3.15. The highest BCUT2D eigenvalue weighted by atomic mass is 19.1. The average molecular weight is 340 g/mol. The fraction of sp³-hybridized carbons (Fsp3) is 0.158. The van der Waals surface area contributed by atoms with Gasteiger partial charge in [-0.25, -0.2) is 4.39 Å². The molecule has 128 valence electrons. The van der Waals surface area contributed by atoms with Gasteiger partial charge in [0, 0.05) is 18.9 Å². The Morgan fingerprint density at radius 3 is 2.60 bits per heavy atom. The van der Waals surface area contributed by atoms with Crippen LogP contribution in [-0.4, -0.2) is 17.1 Å². The lowest BCUT2D eigenvalue weighted by atomic mass is 10.1. The highest BCUT2D eigenvalue weighted by molar-refractivity contribution is 6.05. The van der Waals surface area contributed by atoms with E-state index < -0.39 is 11.7 Å². The number of fused-ring (bicyclic) bond motifs is 1. The number of aromatic nitrogens is 1. The second-order valence-electron chi connectivity index (χ2n) is 5.56. The highest BCUT2D eigenvalue weighted by Crippen LogP contribution is 2.19. The maximum atomic E-state index is 13.0. The van der Waals surface area contributed by atoms with Crippen molar-refractivity contribution < 1.29 is 13.9 Å². The quantitative estimate of drug-likeness (QED) is 0.792. The second kappa shape index (κ2) is 6.76. The summed E-state index contributed by atoms with van der Waals surface area (Å²) >= 11 is 0. The van der Waals surface area contributed by atoms with E-state index >= 15 is 0 Å². The van der Waals surface area contributed by atoms with E-state index in [1.165, 1.54) is 30.5 Å². The minimum absolute atomic E-state index is 0.00738. The Labute approximate surface area is 143 Å². The normalized spacial score (nSPS) is 10.7.